The van der Waals surface area contributed by atoms with Crippen LogP contribution in [0.2, 0.25) is 0 Å². The van der Waals surface area contributed by atoms with Crippen LogP contribution >= 0.6 is 0 Å². The molecule has 1 unspecified atom stereocenters. The molecule has 1 fully saturated rings. The van der Waals surface area contributed by atoms with Gasteiger partial charge in [-0.2, -0.15) is 0 Å². The van der Waals surface area contributed by atoms with Crippen LogP contribution in [0.25, 0.3) is 0 Å². The van der Waals surface area contributed by atoms with Gasteiger partial charge in [0.05, 0.1) is 0 Å². The molecule has 1 saturated heterocycles. The molecule has 1 aliphatic rings. The maximum atomic E-state index is 13.4. The van der Waals surface area contributed by atoms with Crippen LogP contribution < -0.4 is 0 Å². The highest BCUT2D eigenvalue weighted by Crippen LogP contribution is 2.19. The summed E-state index contributed by atoms with van der Waals surface area (Å²) in [7, 11) is 0. The van der Waals surface area contributed by atoms with E-state index in [2.05, 4.69) is 14.8 Å². The molecule has 0 aliphatic carbocycles. The van der Waals surface area contributed by atoms with Crippen molar-refractivity contribution < 1.29 is 13.9 Å². The number of hydrogen-bond donors (Lipinski definition) is 1. The van der Waals surface area contributed by atoms with E-state index in [9.17, 15) is 13.9 Å². The second-order valence-corrected chi connectivity index (χ2v) is 6.48. The zero-order valence-electron chi connectivity index (χ0n) is 14.1. The van der Waals surface area contributed by atoms with Gasteiger partial charge in [0.2, 0.25) is 0 Å². The summed E-state index contributed by atoms with van der Waals surface area (Å²) in [6, 6.07) is 8.26. The van der Waals surface area contributed by atoms with Crippen LogP contribution in [0.4, 0.5) is 8.78 Å². The van der Waals surface area contributed by atoms with E-state index in [0.29, 0.717) is 13.0 Å². The van der Waals surface area contributed by atoms with Crippen molar-refractivity contribution in [1.29, 1.82) is 0 Å². The Morgan fingerprint density at radius 2 is 1.80 bits per heavy atom. The minimum atomic E-state index is -0.821. The summed E-state index contributed by atoms with van der Waals surface area (Å²) in [5.74, 6) is -1.63. The minimum Gasteiger partial charge on any atom is -0.396 e. The predicted molar refractivity (Wildman–Crippen MR) is 91.8 cm³/mol. The Morgan fingerprint density at radius 3 is 2.52 bits per heavy atom. The van der Waals surface area contributed by atoms with Gasteiger partial charge in [-0.05, 0) is 41.8 Å². The fourth-order valence-corrected chi connectivity index (χ4v) is 3.35. The van der Waals surface area contributed by atoms with Crippen molar-refractivity contribution in [2.45, 2.75) is 25.6 Å². The van der Waals surface area contributed by atoms with Crippen LogP contribution in [0.5, 0.6) is 0 Å². The highest BCUT2D eigenvalue weighted by molar-refractivity contribution is 5.18. The van der Waals surface area contributed by atoms with E-state index in [1.54, 1.807) is 18.5 Å². The highest BCUT2D eigenvalue weighted by Gasteiger charge is 2.26. The molecule has 0 spiro atoms. The van der Waals surface area contributed by atoms with Crippen molar-refractivity contribution >= 4 is 0 Å². The molecule has 134 valence electrons. The Bertz CT molecular complexity index is 684. The van der Waals surface area contributed by atoms with E-state index in [1.807, 2.05) is 12.1 Å². The molecule has 0 bridgehead atoms. The Morgan fingerprint density at radius 1 is 1.00 bits per heavy atom. The van der Waals surface area contributed by atoms with Crippen molar-refractivity contribution in [3.05, 3.63) is 65.5 Å². The smallest absolute Gasteiger partial charge is 0.159 e. The molecule has 1 N–H and O–H groups in total. The van der Waals surface area contributed by atoms with Gasteiger partial charge in [0.25, 0.3) is 0 Å². The number of aliphatic hydroxyl groups excluding tert-OH is 1. The molecule has 0 radical (unpaired) electrons. The topological polar surface area (TPSA) is 39.6 Å². The van der Waals surface area contributed by atoms with E-state index >= 15 is 0 Å². The number of nitrogens with zero attached hydrogens (tertiary/aromatic N) is 3. The van der Waals surface area contributed by atoms with E-state index < -0.39 is 11.6 Å². The number of halogens is 2. The molecule has 1 aromatic heterocycles. The Balaban J connectivity index is 1.64. The maximum absolute atomic E-state index is 13.4. The third kappa shape index (κ3) is 4.81. The average Bonchev–Trinajstić information content (AvgIpc) is 2.61. The van der Waals surface area contributed by atoms with Gasteiger partial charge in [0, 0.05) is 57.8 Å². The second-order valence-electron chi connectivity index (χ2n) is 6.48. The van der Waals surface area contributed by atoms with E-state index in [-0.39, 0.29) is 12.6 Å². The minimum absolute atomic E-state index is 0.113. The Hall–Kier alpha value is -1.89. The van der Waals surface area contributed by atoms with Crippen molar-refractivity contribution in [3.63, 3.8) is 0 Å². The normalized spacial score (nSPS) is 19.2. The van der Waals surface area contributed by atoms with Crippen molar-refractivity contribution in [1.82, 2.24) is 14.8 Å². The fraction of sp³-hybridized carbons (Fsp3) is 0.421. The number of piperazine rings is 1. The lowest BCUT2D eigenvalue weighted by molar-refractivity contribution is 0.0499. The van der Waals surface area contributed by atoms with Gasteiger partial charge < -0.3 is 5.11 Å². The maximum Gasteiger partial charge on any atom is 0.159 e. The predicted octanol–water partition coefficient (Wildman–Crippen LogP) is 2.43. The molecule has 1 atom stereocenters. The van der Waals surface area contributed by atoms with Crippen molar-refractivity contribution in [3.8, 4) is 0 Å². The first-order valence-corrected chi connectivity index (χ1v) is 8.56. The molecule has 6 heteroatoms. The van der Waals surface area contributed by atoms with Gasteiger partial charge in [-0.15, -0.1) is 0 Å². The first kappa shape index (κ1) is 17.9. The second kappa shape index (κ2) is 8.47. The van der Waals surface area contributed by atoms with Crippen LogP contribution in [0.1, 0.15) is 17.5 Å². The molecule has 0 amide bonds. The SMILES string of the molecule is OCCC1CN(Cc2ccncc2)CCN1Cc1ccc(F)c(F)c1. The van der Waals surface area contributed by atoms with E-state index in [1.165, 1.54) is 17.7 Å². The van der Waals surface area contributed by atoms with Gasteiger partial charge in [0.15, 0.2) is 11.6 Å². The molecule has 25 heavy (non-hydrogen) atoms. The third-order valence-electron chi connectivity index (χ3n) is 4.68. The van der Waals surface area contributed by atoms with Crippen LogP contribution in [0, 0.1) is 11.6 Å². The lowest BCUT2D eigenvalue weighted by Gasteiger charge is -2.41. The monoisotopic (exact) mass is 347 g/mol. The quantitative estimate of drug-likeness (QED) is 0.871. The summed E-state index contributed by atoms with van der Waals surface area (Å²) in [5, 5.41) is 9.40. The van der Waals surface area contributed by atoms with Gasteiger partial charge in [0.1, 0.15) is 0 Å². The third-order valence-corrected chi connectivity index (χ3v) is 4.68. The van der Waals surface area contributed by atoms with Gasteiger partial charge in [-0.25, -0.2) is 8.78 Å². The van der Waals surface area contributed by atoms with Crippen LogP contribution in [0.15, 0.2) is 42.7 Å². The van der Waals surface area contributed by atoms with Crippen molar-refractivity contribution in [2.24, 2.45) is 0 Å². The summed E-state index contributed by atoms with van der Waals surface area (Å²) < 4.78 is 26.5. The zero-order valence-corrected chi connectivity index (χ0v) is 14.1. The molecule has 1 aliphatic heterocycles. The standard InChI is InChI=1S/C19H23F2N3O/c20-18-2-1-16(11-19(18)21)13-24-9-8-23(14-17(24)5-10-25)12-15-3-6-22-7-4-15/h1-4,6-7,11,17,25H,5,8-10,12-14H2. The molecule has 0 saturated carbocycles. The van der Waals surface area contributed by atoms with Crippen LogP contribution in [-0.4, -0.2) is 52.2 Å². The van der Waals surface area contributed by atoms with Crippen LogP contribution in [0.3, 0.4) is 0 Å². The van der Waals surface area contributed by atoms with E-state index in [0.717, 1.165) is 31.7 Å². The molecule has 2 heterocycles. The molecule has 1 aromatic carbocycles. The first-order chi connectivity index (χ1) is 12.2. The number of aliphatic hydroxyl groups is 1. The first-order valence-electron chi connectivity index (χ1n) is 8.56. The molecule has 4 nitrogen and oxygen atoms in total. The molecular weight excluding hydrogens is 324 g/mol. The number of benzene rings is 1. The number of hydrogen-bond acceptors (Lipinski definition) is 4. The lowest BCUT2D eigenvalue weighted by atomic mass is 10.1. The molecule has 3 rings (SSSR count). The molecular formula is C19H23F2N3O. The van der Waals surface area contributed by atoms with Gasteiger partial charge in [-0.3, -0.25) is 14.8 Å². The summed E-state index contributed by atoms with van der Waals surface area (Å²) in [6.07, 6.45) is 4.25. The Kier molecular flexibility index (Phi) is 6.07. The largest absolute Gasteiger partial charge is 0.396 e. The zero-order chi connectivity index (χ0) is 17.6. The summed E-state index contributed by atoms with van der Waals surface area (Å²) in [5.41, 5.74) is 1.97. The highest BCUT2D eigenvalue weighted by atomic mass is 19.2. The number of pyridine rings is 1. The Labute approximate surface area is 146 Å². The number of rotatable bonds is 6. The summed E-state index contributed by atoms with van der Waals surface area (Å²) in [4.78, 5) is 8.64. The number of aromatic nitrogens is 1. The van der Waals surface area contributed by atoms with Crippen LogP contribution in [-0.2, 0) is 13.1 Å². The average molecular weight is 347 g/mol. The fourth-order valence-electron chi connectivity index (χ4n) is 3.35. The van der Waals surface area contributed by atoms with Gasteiger partial charge >= 0.3 is 0 Å². The summed E-state index contributed by atoms with van der Waals surface area (Å²) in [6.45, 7) is 4.09. The lowest BCUT2D eigenvalue weighted by Crippen LogP contribution is -2.52. The van der Waals surface area contributed by atoms with Crippen molar-refractivity contribution in [2.75, 3.05) is 26.2 Å². The summed E-state index contributed by atoms with van der Waals surface area (Å²) >= 11 is 0. The molecule has 2 aromatic rings. The van der Waals surface area contributed by atoms with E-state index in [4.69, 9.17) is 0 Å². The van der Waals surface area contributed by atoms with Gasteiger partial charge in [-0.1, -0.05) is 6.07 Å².